The van der Waals surface area contributed by atoms with Crippen molar-refractivity contribution in [2.75, 3.05) is 0 Å². The number of hydrogen-bond acceptors (Lipinski definition) is 0. The monoisotopic (exact) mass is 420 g/mol. The highest BCUT2D eigenvalue weighted by molar-refractivity contribution is 4.88. The van der Waals surface area contributed by atoms with Crippen molar-refractivity contribution in [2.24, 2.45) is 17.8 Å². The first-order valence-electron chi connectivity index (χ1n) is 14.4. The summed E-state index contributed by atoms with van der Waals surface area (Å²) >= 11 is 0. The van der Waals surface area contributed by atoms with Gasteiger partial charge in [-0.25, -0.2) is 0 Å². The van der Waals surface area contributed by atoms with Crippen molar-refractivity contribution in [3.05, 3.63) is 12.2 Å². The van der Waals surface area contributed by atoms with E-state index in [9.17, 15) is 0 Å². The minimum atomic E-state index is 0.826. The third-order valence-electron chi connectivity index (χ3n) is 7.45. The fourth-order valence-electron chi connectivity index (χ4n) is 4.88. The van der Waals surface area contributed by atoms with Crippen LogP contribution in [0.4, 0.5) is 0 Å². The molecule has 30 heavy (non-hydrogen) atoms. The molecule has 0 amide bonds. The number of rotatable bonds is 23. The van der Waals surface area contributed by atoms with Crippen LogP contribution >= 0.6 is 0 Å². The minimum Gasteiger partial charge on any atom is -0.0882 e. The van der Waals surface area contributed by atoms with Crippen LogP contribution < -0.4 is 0 Å². The SMILES string of the molecule is CCCCCCCC(CC)CCCCCCC(C=CCCC(CC)CCCC)CC. The lowest BCUT2D eigenvalue weighted by Crippen LogP contribution is -2.00. The van der Waals surface area contributed by atoms with E-state index in [1.54, 1.807) is 0 Å². The van der Waals surface area contributed by atoms with Crippen LogP contribution in [-0.4, -0.2) is 0 Å². The predicted molar refractivity (Wildman–Crippen MR) is 140 cm³/mol. The quantitative estimate of drug-likeness (QED) is 0.114. The van der Waals surface area contributed by atoms with Crippen LogP contribution in [-0.2, 0) is 0 Å². The minimum absolute atomic E-state index is 0.826. The summed E-state index contributed by atoms with van der Waals surface area (Å²) in [7, 11) is 0. The van der Waals surface area contributed by atoms with Gasteiger partial charge in [0.25, 0.3) is 0 Å². The van der Waals surface area contributed by atoms with Gasteiger partial charge in [-0.15, -0.1) is 0 Å². The van der Waals surface area contributed by atoms with Crippen molar-refractivity contribution >= 4 is 0 Å². The molecule has 0 aromatic heterocycles. The summed E-state index contributed by atoms with van der Waals surface area (Å²) in [5.41, 5.74) is 0. The molecule has 0 aromatic carbocycles. The van der Waals surface area contributed by atoms with E-state index in [1.165, 1.54) is 128 Å². The van der Waals surface area contributed by atoms with E-state index in [0.29, 0.717) is 0 Å². The van der Waals surface area contributed by atoms with Crippen LogP contribution in [0, 0.1) is 17.8 Å². The van der Waals surface area contributed by atoms with Gasteiger partial charge in [-0.05, 0) is 43.4 Å². The van der Waals surface area contributed by atoms with E-state index in [1.807, 2.05) is 0 Å². The van der Waals surface area contributed by atoms with E-state index < -0.39 is 0 Å². The van der Waals surface area contributed by atoms with E-state index >= 15 is 0 Å². The van der Waals surface area contributed by atoms with Crippen molar-refractivity contribution in [3.8, 4) is 0 Å². The zero-order valence-electron chi connectivity index (χ0n) is 22.0. The summed E-state index contributed by atoms with van der Waals surface area (Å²) in [4.78, 5) is 0. The van der Waals surface area contributed by atoms with Crippen LogP contribution in [0.5, 0.6) is 0 Å². The second-order valence-corrected chi connectivity index (χ2v) is 10.1. The molecule has 0 aromatic rings. The second-order valence-electron chi connectivity index (χ2n) is 10.1. The molecule has 0 bridgehead atoms. The molecule has 0 spiro atoms. The third-order valence-corrected chi connectivity index (χ3v) is 7.45. The molecule has 0 aliphatic carbocycles. The fourth-order valence-corrected chi connectivity index (χ4v) is 4.88. The summed E-state index contributed by atoms with van der Waals surface area (Å²) in [6, 6.07) is 0. The van der Waals surface area contributed by atoms with Crippen molar-refractivity contribution in [2.45, 2.75) is 163 Å². The first kappa shape index (κ1) is 29.7. The number of unbranched alkanes of at least 4 members (excludes halogenated alkanes) is 8. The number of allylic oxidation sites excluding steroid dienone is 2. The Bertz CT molecular complexity index is 342. The van der Waals surface area contributed by atoms with Crippen molar-refractivity contribution in [3.63, 3.8) is 0 Å². The molecule has 0 aliphatic heterocycles. The molecule has 0 fully saturated rings. The summed E-state index contributed by atoms with van der Waals surface area (Å²) in [6.45, 7) is 11.8. The highest BCUT2D eigenvalue weighted by Gasteiger charge is 2.07. The first-order chi connectivity index (χ1) is 14.7. The van der Waals surface area contributed by atoms with Crippen molar-refractivity contribution in [1.82, 2.24) is 0 Å². The van der Waals surface area contributed by atoms with Crippen molar-refractivity contribution in [1.29, 1.82) is 0 Å². The molecule has 0 heterocycles. The van der Waals surface area contributed by atoms with Crippen LogP contribution in [0.25, 0.3) is 0 Å². The highest BCUT2D eigenvalue weighted by Crippen LogP contribution is 2.23. The molecule has 0 rings (SSSR count). The van der Waals surface area contributed by atoms with E-state index in [0.717, 1.165) is 17.8 Å². The zero-order valence-corrected chi connectivity index (χ0v) is 22.0. The smallest absolute Gasteiger partial charge is 0.0236 e. The Balaban J connectivity index is 3.77. The molecule has 3 atom stereocenters. The molecule has 0 aliphatic rings. The maximum atomic E-state index is 2.55. The highest BCUT2D eigenvalue weighted by atomic mass is 14.1. The van der Waals surface area contributed by atoms with Crippen LogP contribution in [0.15, 0.2) is 12.2 Å². The Morgan fingerprint density at radius 2 is 0.967 bits per heavy atom. The van der Waals surface area contributed by atoms with Gasteiger partial charge in [0.05, 0.1) is 0 Å². The van der Waals surface area contributed by atoms with Gasteiger partial charge in [-0.3, -0.25) is 0 Å². The average Bonchev–Trinajstić information content (AvgIpc) is 2.77. The Morgan fingerprint density at radius 1 is 0.467 bits per heavy atom. The maximum absolute atomic E-state index is 2.55. The molecular formula is C30H60. The molecule has 0 nitrogen and oxygen atoms in total. The molecule has 0 radical (unpaired) electrons. The Labute approximate surface area is 193 Å². The first-order valence-corrected chi connectivity index (χ1v) is 14.4. The van der Waals surface area contributed by atoms with Gasteiger partial charge in [-0.2, -0.15) is 0 Å². The molecular weight excluding hydrogens is 360 g/mol. The molecule has 3 unspecified atom stereocenters. The van der Waals surface area contributed by atoms with Crippen LogP contribution in [0.1, 0.15) is 163 Å². The average molecular weight is 421 g/mol. The standard InChI is InChI=1S/C30H60/c1-6-11-13-14-17-23-29(9-4)24-18-15-16-19-25-30(10-5)27-21-20-26-28(8-3)22-12-7-2/h21,27-30H,6-20,22-26H2,1-5H3. The van der Waals surface area contributed by atoms with Gasteiger partial charge in [-0.1, -0.05) is 150 Å². The Morgan fingerprint density at radius 3 is 1.50 bits per heavy atom. The largest absolute Gasteiger partial charge is 0.0882 e. The number of hydrogen-bond donors (Lipinski definition) is 0. The molecule has 0 heteroatoms. The van der Waals surface area contributed by atoms with E-state index in [4.69, 9.17) is 0 Å². The van der Waals surface area contributed by atoms with Gasteiger partial charge in [0.1, 0.15) is 0 Å². The Hall–Kier alpha value is -0.260. The fraction of sp³-hybridized carbons (Fsp3) is 0.933. The Kier molecular flexibility index (Phi) is 23.2. The zero-order chi connectivity index (χ0) is 22.3. The summed E-state index contributed by atoms with van der Waals surface area (Å²) in [5, 5.41) is 0. The van der Waals surface area contributed by atoms with Crippen LogP contribution in [0.2, 0.25) is 0 Å². The van der Waals surface area contributed by atoms with E-state index in [-0.39, 0.29) is 0 Å². The lowest BCUT2D eigenvalue weighted by atomic mass is 9.91. The summed E-state index contributed by atoms with van der Waals surface area (Å²) < 4.78 is 0. The molecule has 0 saturated carbocycles. The lowest BCUT2D eigenvalue weighted by Gasteiger charge is -2.15. The molecule has 0 saturated heterocycles. The van der Waals surface area contributed by atoms with Gasteiger partial charge >= 0.3 is 0 Å². The summed E-state index contributed by atoms with van der Waals surface area (Å²) in [6.07, 6.45) is 33.4. The topological polar surface area (TPSA) is 0 Å². The second kappa shape index (κ2) is 23.4. The third kappa shape index (κ3) is 18.5. The molecule has 180 valence electrons. The van der Waals surface area contributed by atoms with Crippen molar-refractivity contribution < 1.29 is 0 Å². The van der Waals surface area contributed by atoms with Gasteiger partial charge in [0, 0.05) is 0 Å². The lowest BCUT2D eigenvalue weighted by molar-refractivity contribution is 0.391. The van der Waals surface area contributed by atoms with E-state index in [2.05, 4.69) is 46.8 Å². The van der Waals surface area contributed by atoms with Crippen LogP contribution in [0.3, 0.4) is 0 Å². The van der Waals surface area contributed by atoms with Gasteiger partial charge in [0.15, 0.2) is 0 Å². The summed E-state index contributed by atoms with van der Waals surface area (Å²) in [5.74, 6) is 2.78. The molecule has 0 N–H and O–H groups in total. The maximum Gasteiger partial charge on any atom is -0.0236 e. The van der Waals surface area contributed by atoms with Gasteiger partial charge in [0.2, 0.25) is 0 Å². The normalized spacial score (nSPS) is 15.0. The predicted octanol–water partition coefficient (Wildman–Crippen LogP) is 11.3. The van der Waals surface area contributed by atoms with Gasteiger partial charge < -0.3 is 0 Å².